The number of nitrogens with zero attached hydrogens (tertiary/aromatic N) is 1. The number of carbonyl (C=O) groups excluding carboxylic acids is 1. The minimum Gasteiger partial charge on any atom is -0.444 e. The topological polar surface area (TPSA) is 38.8 Å². The van der Waals surface area contributed by atoms with E-state index < -0.39 is 11.3 Å². The van der Waals surface area contributed by atoms with E-state index in [1.54, 1.807) is 4.90 Å². The molecule has 0 spiro atoms. The minimum atomic E-state index is -0.649. The first-order valence-electron chi connectivity index (χ1n) is 8.17. The highest BCUT2D eigenvalue weighted by molar-refractivity contribution is 14.1. The first kappa shape index (κ1) is 19.2. The molecule has 1 heterocycles. The van der Waals surface area contributed by atoms with E-state index in [4.69, 9.17) is 9.47 Å². The Kier molecular flexibility index (Phi) is 5.96. The van der Waals surface area contributed by atoms with Crippen molar-refractivity contribution < 1.29 is 14.3 Å². The minimum absolute atomic E-state index is 0.0186. The summed E-state index contributed by atoms with van der Waals surface area (Å²) >= 11 is 2.29. The monoisotopic (exact) mass is 443 g/mol. The van der Waals surface area contributed by atoms with Crippen molar-refractivity contribution in [2.75, 3.05) is 6.61 Å². The average molecular weight is 443 g/mol. The average Bonchev–Trinajstić information content (AvgIpc) is 2.74. The van der Waals surface area contributed by atoms with Crippen molar-refractivity contribution in [2.45, 2.75) is 58.4 Å². The molecule has 0 N–H and O–H groups in total. The Morgan fingerprint density at radius 2 is 2.00 bits per heavy atom. The van der Waals surface area contributed by atoms with E-state index in [9.17, 15) is 4.79 Å². The molecule has 0 aromatic heterocycles. The summed E-state index contributed by atoms with van der Waals surface area (Å²) in [6.45, 7) is 9.95. The Morgan fingerprint density at radius 1 is 1.38 bits per heavy atom. The maximum atomic E-state index is 12.6. The van der Waals surface area contributed by atoms with Gasteiger partial charge in [-0.05, 0) is 81.3 Å². The van der Waals surface area contributed by atoms with Crippen molar-refractivity contribution in [1.29, 1.82) is 0 Å². The summed E-state index contributed by atoms with van der Waals surface area (Å²) in [4.78, 5) is 14.3. The molecular weight excluding hydrogens is 417 g/mol. The summed E-state index contributed by atoms with van der Waals surface area (Å²) in [5.41, 5.74) is -0.0153. The molecular formula is C19H26INO3. The summed E-state index contributed by atoms with van der Waals surface area (Å²) < 4.78 is 12.6. The summed E-state index contributed by atoms with van der Waals surface area (Å²) in [5, 5.41) is 0. The first-order valence-corrected chi connectivity index (χ1v) is 9.25. The molecule has 2 rings (SSSR count). The van der Waals surface area contributed by atoms with Crippen LogP contribution in [0.5, 0.6) is 0 Å². The molecule has 1 aliphatic rings. The SMILES string of the molecule is CC(C)(C)OC(=O)N1[C@@H](CC=Cc2ccc(I)cc2)COC1(C)C. The predicted molar refractivity (Wildman–Crippen MR) is 105 cm³/mol. The van der Waals surface area contributed by atoms with E-state index in [2.05, 4.69) is 59.0 Å². The molecule has 0 unspecified atom stereocenters. The van der Waals surface area contributed by atoms with Crippen LogP contribution in [-0.4, -0.2) is 35.0 Å². The normalized spacial score (nSPS) is 20.6. The number of benzene rings is 1. The molecule has 0 bridgehead atoms. The van der Waals surface area contributed by atoms with Crippen molar-refractivity contribution in [1.82, 2.24) is 4.90 Å². The zero-order valence-corrected chi connectivity index (χ0v) is 17.2. The molecule has 132 valence electrons. The summed E-state index contributed by atoms with van der Waals surface area (Å²) in [6, 6.07) is 8.30. The lowest BCUT2D eigenvalue weighted by molar-refractivity contribution is -0.0623. The van der Waals surface area contributed by atoms with Gasteiger partial charge >= 0.3 is 6.09 Å². The molecule has 5 heteroatoms. The third-order valence-electron chi connectivity index (χ3n) is 3.75. The van der Waals surface area contributed by atoms with Crippen molar-refractivity contribution in [3.63, 3.8) is 0 Å². The third kappa shape index (κ3) is 5.21. The fraction of sp³-hybridized carbons (Fsp3) is 0.526. The Balaban J connectivity index is 2.05. The fourth-order valence-electron chi connectivity index (χ4n) is 2.67. The Bertz CT molecular complexity index is 602. The van der Waals surface area contributed by atoms with Gasteiger partial charge in [-0.15, -0.1) is 0 Å². The van der Waals surface area contributed by atoms with Gasteiger partial charge in [0, 0.05) is 3.57 Å². The van der Waals surface area contributed by atoms with Gasteiger partial charge in [0.25, 0.3) is 0 Å². The smallest absolute Gasteiger partial charge is 0.412 e. The Labute approximate surface area is 158 Å². The van der Waals surface area contributed by atoms with Gasteiger partial charge < -0.3 is 9.47 Å². The second-order valence-electron chi connectivity index (χ2n) is 7.45. The second kappa shape index (κ2) is 7.44. The van der Waals surface area contributed by atoms with Gasteiger partial charge in [-0.25, -0.2) is 4.79 Å². The van der Waals surface area contributed by atoms with E-state index in [1.807, 2.05) is 34.6 Å². The van der Waals surface area contributed by atoms with Crippen LogP contribution in [0.4, 0.5) is 4.79 Å². The maximum absolute atomic E-state index is 12.6. The number of halogens is 1. The van der Waals surface area contributed by atoms with E-state index in [-0.39, 0.29) is 12.1 Å². The maximum Gasteiger partial charge on any atom is 0.412 e. The first-order chi connectivity index (χ1) is 11.1. The van der Waals surface area contributed by atoms with Crippen LogP contribution in [0.2, 0.25) is 0 Å². The number of rotatable bonds is 3. The van der Waals surface area contributed by atoms with Crippen LogP contribution in [0, 0.1) is 3.57 Å². The van der Waals surface area contributed by atoms with Crippen LogP contribution < -0.4 is 0 Å². The fourth-order valence-corrected chi connectivity index (χ4v) is 3.03. The van der Waals surface area contributed by atoms with Gasteiger partial charge in [-0.1, -0.05) is 24.3 Å². The zero-order valence-electron chi connectivity index (χ0n) is 15.0. The standard InChI is InChI=1S/C19H26INO3/c1-18(2,3)24-17(22)21-16(13-23-19(21,4)5)8-6-7-14-9-11-15(20)12-10-14/h6-7,9-12,16H,8,13H2,1-5H3/t16-/m0/s1. The number of ether oxygens (including phenoxy) is 2. The molecule has 4 nitrogen and oxygen atoms in total. The lowest BCUT2D eigenvalue weighted by Gasteiger charge is -2.34. The molecule has 1 aromatic carbocycles. The molecule has 0 saturated carbocycles. The molecule has 1 aliphatic heterocycles. The van der Waals surface area contributed by atoms with E-state index in [1.165, 1.54) is 3.57 Å². The lowest BCUT2D eigenvalue weighted by atomic mass is 10.1. The summed E-state index contributed by atoms with van der Waals surface area (Å²) in [5.74, 6) is 0. The van der Waals surface area contributed by atoms with E-state index in [0.717, 1.165) is 12.0 Å². The molecule has 1 atom stereocenters. The van der Waals surface area contributed by atoms with Crippen molar-refractivity contribution in [2.24, 2.45) is 0 Å². The molecule has 1 fully saturated rings. The molecule has 1 aromatic rings. The zero-order chi connectivity index (χ0) is 18.0. The number of hydrogen-bond acceptors (Lipinski definition) is 3. The highest BCUT2D eigenvalue weighted by Crippen LogP contribution is 2.31. The van der Waals surface area contributed by atoms with Crippen LogP contribution in [0.25, 0.3) is 6.08 Å². The summed E-state index contributed by atoms with van der Waals surface area (Å²) in [6.07, 6.45) is 4.58. The van der Waals surface area contributed by atoms with Crippen LogP contribution in [0.3, 0.4) is 0 Å². The van der Waals surface area contributed by atoms with Crippen LogP contribution in [-0.2, 0) is 9.47 Å². The van der Waals surface area contributed by atoms with E-state index in [0.29, 0.717) is 6.61 Å². The van der Waals surface area contributed by atoms with Gasteiger partial charge in [0.15, 0.2) is 0 Å². The van der Waals surface area contributed by atoms with Gasteiger partial charge in [-0.2, -0.15) is 0 Å². The quantitative estimate of drug-likeness (QED) is 0.613. The molecule has 0 radical (unpaired) electrons. The third-order valence-corrected chi connectivity index (χ3v) is 4.47. The largest absolute Gasteiger partial charge is 0.444 e. The van der Waals surface area contributed by atoms with Gasteiger partial charge in [-0.3, -0.25) is 4.90 Å². The summed E-state index contributed by atoms with van der Waals surface area (Å²) in [7, 11) is 0. The van der Waals surface area contributed by atoms with Gasteiger partial charge in [0.1, 0.15) is 11.3 Å². The number of hydrogen-bond donors (Lipinski definition) is 0. The van der Waals surface area contributed by atoms with Gasteiger partial charge in [0.05, 0.1) is 12.6 Å². The molecule has 1 saturated heterocycles. The predicted octanol–water partition coefficient (Wildman–Crippen LogP) is 5.07. The molecule has 0 aliphatic carbocycles. The van der Waals surface area contributed by atoms with Crippen molar-refractivity contribution in [3.05, 3.63) is 39.5 Å². The highest BCUT2D eigenvalue weighted by Gasteiger charge is 2.45. The van der Waals surface area contributed by atoms with Gasteiger partial charge in [0.2, 0.25) is 0 Å². The Hall–Kier alpha value is -1.08. The van der Waals surface area contributed by atoms with Crippen LogP contribution in [0.1, 0.15) is 46.6 Å². The number of amides is 1. The van der Waals surface area contributed by atoms with Crippen molar-refractivity contribution in [3.8, 4) is 0 Å². The number of carbonyl (C=O) groups is 1. The van der Waals surface area contributed by atoms with Crippen LogP contribution >= 0.6 is 22.6 Å². The van der Waals surface area contributed by atoms with Crippen molar-refractivity contribution >= 4 is 34.8 Å². The lowest BCUT2D eigenvalue weighted by Crippen LogP contribution is -2.49. The molecule has 1 amide bonds. The second-order valence-corrected chi connectivity index (χ2v) is 8.70. The Morgan fingerprint density at radius 3 is 2.58 bits per heavy atom. The molecule has 24 heavy (non-hydrogen) atoms. The highest BCUT2D eigenvalue weighted by atomic mass is 127. The van der Waals surface area contributed by atoms with Crippen LogP contribution in [0.15, 0.2) is 30.3 Å². The van der Waals surface area contributed by atoms with E-state index >= 15 is 0 Å².